The zero-order valence-corrected chi connectivity index (χ0v) is 14.4. The third-order valence-electron chi connectivity index (χ3n) is 5.79. The molecule has 2 aromatic rings. The average Bonchev–Trinajstić information content (AvgIpc) is 2.63. The van der Waals surface area contributed by atoms with Gasteiger partial charge in [0.1, 0.15) is 0 Å². The Hall–Kier alpha value is -2.09. The molecule has 2 aliphatic rings. The van der Waals surface area contributed by atoms with Gasteiger partial charge in [0.15, 0.2) is 0 Å². The van der Waals surface area contributed by atoms with Crippen molar-refractivity contribution in [1.29, 1.82) is 0 Å². The fourth-order valence-electron chi connectivity index (χ4n) is 4.20. The summed E-state index contributed by atoms with van der Waals surface area (Å²) in [5, 5.41) is 0. The lowest BCUT2D eigenvalue weighted by atomic mass is 9.76. The minimum Gasteiger partial charge on any atom is -0.342 e. The molecular formula is C22H25NO. The molecule has 1 saturated heterocycles. The first-order chi connectivity index (χ1) is 11.8. The molecule has 1 amide bonds. The molecule has 2 nitrogen and oxygen atoms in total. The predicted molar refractivity (Wildman–Crippen MR) is 97.3 cm³/mol. The fraction of sp³-hybridized carbons (Fsp3) is 0.409. The molecule has 1 unspecified atom stereocenters. The summed E-state index contributed by atoms with van der Waals surface area (Å²) in [5.41, 5.74) is 5.47. The van der Waals surface area contributed by atoms with Crippen molar-refractivity contribution in [3.05, 3.63) is 70.8 Å². The number of likely N-dealkylation sites (tertiary alicyclic amines) is 1. The van der Waals surface area contributed by atoms with Gasteiger partial charge < -0.3 is 4.90 Å². The van der Waals surface area contributed by atoms with Gasteiger partial charge in [-0.2, -0.15) is 0 Å². The highest BCUT2D eigenvalue weighted by Crippen LogP contribution is 2.37. The maximum Gasteiger partial charge on any atom is 0.230 e. The number of hydrogen-bond acceptors (Lipinski definition) is 1. The van der Waals surface area contributed by atoms with Crippen LogP contribution in [0.3, 0.4) is 0 Å². The number of hydrogen-bond donors (Lipinski definition) is 0. The lowest BCUT2D eigenvalue weighted by Crippen LogP contribution is -2.43. The Bertz CT molecular complexity index is 743. The smallest absolute Gasteiger partial charge is 0.230 e. The summed E-state index contributed by atoms with van der Waals surface area (Å²) < 4.78 is 0. The van der Waals surface area contributed by atoms with Gasteiger partial charge in [-0.05, 0) is 53.9 Å². The molecule has 0 bridgehead atoms. The van der Waals surface area contributed by atoms with Crippen molar-refractivity contribution in [2.45, 2.75) is 44.4 Å². The Morgan fingerprint density at radius 2 is 1.88 bits per heavy atom. The SMILES string of the molecule is CCc1cccc(C2CCN(C(=O)C3Cc4ccccc43)CC2)c1. The largest absolute Gasteiger partial charge is 0.342 e. The van der Waals surface area contributed by atoms with Crippen molar-refractivity contribution < 1.29 is 4.79 Å². The molecule has 0 radical (unpaired) electrons. The van der Waals surface area contributed by atoms with Crippen LogP contribution in [0, 0.1) is 0 Å². The first-order valence-electron chi connectivity index (χ1n) is 9.21. The second-order valence-electron chi connectivity index (χ2n) is 7.15. The minimum absolute atomic E-state index is 0.112. The quantitative estimate of drug-likeness (QED) is 0.826. The van der Waals surface area contributed by atoms with E-state index < -0.39 is 0 Å². The normalized spacial score (nSPS) is 20.4. The first kappa shape index (κ1) is 15.4. The standard InChI is InChI=1S/C22H25NO/c1-2-16-6-5-8-18(14-16)17-10-12-23(13-11-17)22(24)21-15-19-7-3-4-9-20(19)21/h3-9,14,17,21H,2,10-13,15H2,1H3. The van der Waals surface area contributed by atoms with E-state index in [1.54, 1.807) is 0 Å². The van der Waals surface area contributed by atoms with Crippen LogP contribution in [-0.2, 0) is 17.6 Å². The zero-order valence-electron chi connectivity index (χ0n) is 14.4. The number of carbonyl (C=O) groups excluding carboxylic acids is 1. The molecule has 1 fully saturated rings. The molecule has 1 heterocycles. The Morgan fingerprint density at radius 1 is 1.08 bits per heavy atom. The zero-order chi connectivity index (χ0) is 16.5. The summed E-state index contributed by atoms with van der Waals surface area (Å²) in [7, 11) is 0. The fourth-order valence-corrected chi connectivity index (χ4v) is 4.20. The summed E-state index contributed by atoms with van der Waals surface area (Å²) in [6.07, 6.45) is 4.19. The van der Waals surface area contributed by atoms with Gasteiger partial charge in [-0.1, -0.05) is 55.5 Å². The predicted octanol–water partition coefficient (Wildman–Crippen LogP) is 4.29. The van der Waals surface area contributed by atoms with Crippen LogP contribution in [0.25, 0.3) is 0 Å². The molecule has 0 N–H and O–H groups in total. The number of fused-ring (bicyclic) bond motifs is 1. The van der Waals surface area contributed by atoms with Crippen LogP contribution in [0.4, 0.5) is 0 Å². The van der Waals surface area contributed by atoms with Gasteiger partial charge in [0, 0.05) is 13.1 Å². The Kier molecular flexibility index (Phi) is 4.13. The van der Waals surface area contributed by atoms with Crippen molar-refractivity contribution in [2.75, 3.05) is 13.1 Å². The second kappa shape index (κ2) is 6.43. The van der Waals surface area contributed by atoms with Gasteiger partial charge in [-0.15, -0.1) is 0 Å². The lowest BCUT2D eigenvalue weighted by molar-refractivity contribution is -0.134. The van der Waals surface area contributed by atoms with E-state index in [0.29, 0.717) is 11.8 Å². The van der Waals surface area contributed by atoms with Crippen molar-refractivity contribution in [3.63, 3.8) is 0 Å². The van der Waals surface area contributed by atoms with E-state index in [-0.39, 0.29) is 5.92 Å². The van der Waals surface area contributed by atoms with E-state index in [4.69, 9.17) is 0 Å². The van der Waals surface area contributed by atoms with Gasteiger partial charge in [0.2, 0.25) is 5.91 Å². The average molecular weight is 319 g/mol. The molecule has 24 heavy (non-hydrogen) atoms. The van der Waals surface area contributed by atoms with Gasteiger partial charge in [0.05, 0.1) is 5.92 Å². The number of aryl methyl sites for hydroxylation is 1. The number of amides is 1. The number of piperidine rings is 1. The summed E-state index contributed by atoms with van der Waals surface area (Å²) >= 11 is 0. The summed E-state index contributed by atoms with van der Waals surface area (Å²) in [6, 6.07) is 17.4. The van der Waals surface area contributed by atoms with E-state index in [9.17, 15) is 4.79 Å². The van der Waals surface area contributed by atoms with Crippen molar-refractivity contribution in [3.8, 4) is 0 Å². The van der Waals surface area contributed by atoms with Crippen molar-refractivity contribution in [2.24, 2.45) is 0 Å². The number of nitrogens with zero attached hydrogens (tertiary/aromatic N) is 1. The summed E-state index contributed by atoms with van der Waals surface area (Å²) in [6.45, 7) is 4.01. The van der Waals surface area contributed by atoms with E-state index in [0.717, 1.165) is 38.8 Å². The summed E-state index contributed by atoms with van der Waals surface area (Å²) in [5.74, 6) is 1.06. The highest BCUT2D eigenvalue weighted by atomic mass is 16.2. The highest BCUT2D eigenvalue weighted by Gasteiger charge is 2.35. The molecule has 1 atom stereocenters. The maximum absolute atomic E-state index is 12.8. The minimum atomic E-state index is 0.112. The van der Waals surface area contributed by atoms with Crippen LogP contribution in [0.1, 0.15) is 53.9 Å². The van der Waals surface area contributed by atoms with Crippen LogP contribution in [0.2, 0.25) is 0 Å². The highest BCUT2D eigenvalue weighted by molar-refractivity contribution is 5.87. The lowest BCUT2D eigenvalue weighted by Gasteiger charge is -2.38. The molecule has 4 rings (SSSR count). The third kappa shape index (κ3) is 2.75. The van der Waals surface area contributed by atoms with E-state index in [1.807, 2.05) is 6.07 Å². The van der Waals surface area contributed by atoms with Crippen LogP contribution >= 0.6 is 0 Å². The van der Waals surface area contributed by atoms with E-state index in [2.05, 4.69) is 54.3 Å². The van der Waals surface area contributed by atoms with Crippen molar-refractivity contribution >= 4 is 5.91 Å². The number of benzene rings is 2. The topological polar surface area (TPSA) is 20.3 Å². The van der Waals surface area contributed by atoms with E-state index in [1.165, 1.54) is 22.3 Å². The van der Waals surface area contributed by atoms with Crippen molar-refractivity contribution in [1.82, 2.24) is 4.90 Å². The molecule has 2 heteroatoms. The molecular weight excluding hydrogens is 294 g/mol. The Morgan fingerprint density at radius 3 is 2.62 bits per heavy atom. The molecule has 0 spiro atoms. The monoisotopic (exact) mass is 319 g/mol. The number of carbonyl (C=O) groups is 1. The van der Waals surface area contributed by atoms with Gasteiger partial charge in [0.25, 0.3) is 0 Å². The molecule has 2 aromatic carbocycles. The second-order valence-corrected chi connectivity index (χ2v) is 7.15. The van der Waals surface area contributed by atoms with E-state index >= 15 is 0 Å². The molecule has 1 aliphatic carbocycles. The molecule has 124 valence electrons. The first-order valence-corrected chi connectivity index (χ1v) is 9.21. The maximum atomic E-state index is 12.8. The molecule has 1 aliphatic heterocycles. The number of rotatable bonds is 3. The Labute approximate surface area is 144 Å². The van der Waals surface area contributed by atoms with Gasteiger partial charge >= 0.3 is 0 Å². The van der Waals surface area contributed by atoms with Gasteiger partial charge in [-0.3, -0.25) is 4.79 Å². The van der Waals surface area contributed by atoms with Crippen LogP contribution in [-0.4, -0.2) is 23.9 Å². The summed E-state index contributed by atoms with van der Waals surface area (Å²) in [4.78, 5) is 14.9. The third-order valence-corrected chi connectivity index (χ3v) is 5.79. The molecule has 0 aromatic heterocycles. The van der Waals surface area contributed by atoms with Crippen LogP contribution in [0.5, 0.6) is 0 Å². The van der Waals surface area contributed by atoms with Crippen LogP contribution in [0.15, 0.2) is 48.5 Å². The Balaban J connectivity index is 1.39. The van der Waals surface area contributed by atoms with Gasteiger partial charge in [-0.25, -0.2) is 0 Å². The van der Waals surface area contributed by atoms with Crippen LogP contribution < -0.4 is 0 Å². The molecule has 0 saturated carbocycles.